The molecule has 172 valence electrons. The molecule has 0 bridgehead atoms. The van der Waals surface area contributed by atoms with Gasteiger partial charge in [-0.25, -0.2) is 13.2 Å². The Labute approximate surface area is 193 Å². The summed E-state index contributed by atoms with van der Waals surface area (Å²) in [5, 5.41) is 5.42. The molecule has 10 heteroatoms. The van der Waals surface area contributed by atoms with E-state index in [1.54, 1.807) is 31.2 Å². The maximum absolute atomic E-state index is 13.2. The molecule has 8 nitrogen and oxygen atoms in total. The number of benzene rings is 2. The fourth-order valence-electron chi connectivity index (χ4n) is 3.62. The zero-order chi connectivity index (χ0) is 23.3. The lowest BCUT2D eigenvalue weighted by molar-refractivity contribution is 0.0939. The minimum absolute atomic E-state index is 0.0525. The maximum Gasteiger partial charge on any atom is 0.316 e. The summed E-state index contributed by atoms with van der Waals surface area (Å²) in [6.45, 7) is 2.71. The molecule has 0 saturated carbocycles. The van der Waals surface area contributed by atoms with Crippen LogP contribution in [0, 0.1) is 0 Å². The Morgan fingerprint density at radius 1 is 1.03 bits per heavy atom. The second kappa shape index (κ2) is 10.3. The molecule has 3 rings (SSSR count). The van der Waals surface area contributed by atoms with E-state index in [0.717, 1.165) is 31.2 Å². The zero-order valence-corrected chi connectivity index (χ0v) is 19.4. The maximum atomic E-state index is 13.2. The van der Waals surface area contributed by atoms with E-state index in [1.807, 2.05) is 0 Å². The number of hydrogen-bond donors (Lipinski definition) is 3. The van der Waals surface area contributed by atoms with Crippen molar-refractivity contribution in [2.45, 2.75) is 43.5 Å². The summed E-state index contributed by atoms with van der Waals surface area (Å²) in [5.41, 5.74) is 6.66. The number of carbonyl (C=O) groups excluding carboxylic acids is 2. The van der Waals surface area contributed by atoms with Crippen LogP contribution >= 0.6 is 11.6 Å². The van der Waals surface area contributed by atoms with Crippen LogP contribution in [0.1, 0.15) is 54.6 Å². The van der Waals surface area contributed by atoms with Crippen molar-refractivity contribution in [3.05, 3.63) is 58.6 Å². The third kappa shape index (κ3) is 5.79. The van der Waals surface area contributed by atoms with E-state index in [0.29, 0.717) is 18.8 Å². The van der Waals surface area contributed by atoms with Gasteiger partial charge in [-0.05, 0) is 55.7 Å². The Kier molecular flexibility index (Phi) is 7.76. The molecule has 32 heavy (non-hydrogen) atoms. The first-order valence-corrected chi connectivity index (χ1v) is 12.3. The standard InChI is InChI=1S/C22H27ClN4O4S/c1-15(16-6-9-18(10-7-16)26-22(24)29)25-21(28)17-8-11-19(23)20(14-17)32(30,31)27-12-4-2-3-5-13-27/h6-11,14-15H,2-5,12-13H2,1H3,(H,25,28)(H3,24,26,29). The van der Waals surface area contributed by atoms with Crippen molar-refractivity contribution in [3.8, 4) is 0 Å². The predicted octanol–water partition coefficient (Wildman–Crippen LogP) is 3.89. The van der Waals surface area contributed by atoms with Gasteiger partial charge >= 0.3 is 6.03 Å². The average Bonchev–Trinajstić information content (AvgIpc) is 3.04. The fraction of sp³-hybridized carbons (Fsp3) is 0.364. The summed E-state index contributed by atoms with van der Waals surface area (Å²) >= 11 is 6.22. The zero-order valence-electron chi connectivity index (χ0n) is 17.8. The summed E-state index contributed by atoms with van der Waals surface area (Å²) < 4.78 is 27.8. The first-order chi connectivity index (χ1) is 15.2. The average molecular weight is 479 g/mol. The van der Waals surface area contributed by atoms with Crippen molar-refractivity contribution in [1.82, 2.24) is 9.62 Å². The van der Waals surface area contributed by atoms with E-state index in [-0.39, 0.29) is 21.5 Å². The molecule has 0 spiro atoms. The van der Waals surface area contributed by atoms with Crippen LogP contribution in [-0.2, 0) is 10.0 Å². The lowest BCUT2D eigenvalue weighted by Crippen LogP contribution is -2.32. The highest BCUT2D eigenvalue weighted by atomic mass is 35.5. The van der Waals surface area contributed by atoms with Crippen LogP contribution in [0.5, 0.6) is 0 Å². The normalized spacial score (nSPS) is 16.1. The Balaban J connectivity index is 1.76. The highest BCUT2D eigenvalue weighted by Crippen LogP contribution is 2.28. The molecule has 1 aliphatic rings. The highest BCUT2D eigenvalue weighted by Gasteiger charge is 2.28. The Morgan fingerprint density at radius 2 is 1.66 bits per heavy atom. The molecule has 1 fully saturated rings. The van der Waals surface area contributed by atoms with Gasteiger partial charge < -0.3 is 16.4 Å². The lowest BCUT2D eigenvalue weighted by Gasteiger charge is -2.21. The van der Waals surface area contributed by atoms with Crippen LogP contribution in [0.3, 0.4) is 0 Å². The molecule has 1 saturated heterocycles. The van der Waals surface area contributed by atoms with E-state index >= 15 is 0 Å². The van der Waals surface area contributed by atoms with Gasteiger partial charge in [0.15, 0.2) is 0 Å². The van der Waals surface area contributed by atoms with Crippen LogP contribution in [0.4, 0.5) is 10.5 Å². The minimum Gasteiger partial charge on any atom is -0.351 e. The van der Waals surface area contributed by atoms with Gasteiger partial charge in [0, 0.05) is 24.3 Å². The number of nitrogens with zero attached hydrogens (tertiary/aromatic N) is 1. The summed E-state index contributed by atoms with van der Waals surface area (Å²) in [4.78, 5) is 23.7. The Hall–Kier alpha value is -2.62. The second-order valence-electron chi connectivity index (χ2n) is 7.77. The number of primary amides is 1. The van der Waals surface area contributed by atoms with Gasteiger partial charge in [0.2, 0.25) is 10.0 Å². The SMILES string of the molecule is CC(NC(=O)c1ccc(Cl)c(S(=O)(=O)N2CCCCCC2)c1)c1ccc(NC(N)=O)cc1. The van der Waals surface area contributed by atoms with E-state index in [9.17, 15) is 18.0 Å². The smallest absolute Gasteiger partial charge is 0.316 e. The fourth-order valence-corrected chi connectivity index (χ4v) is 5.64. The van der Waals surface area contributed by atoms with Gasteiger partial charge in [-0.15, -0.1) is 0 Å². The van der Waals surface area contributed by atoms with Gasteiger partial charge in [-0.2, -0.15) is 4.31 Å². The largest absolute Gasteiger partial charge is 0.351 e. The number of sulfonamides is 1. The van der Waals surface area contributed by atoms with Crippen molar-refractivity contribution < 1.29 is 18.0 Å². The first kappa shape index (κ1) is 24.0. The van der Waals surface area contributed by atoms with Crippen LogP contribution in [0.25, 0.3) is 0 Å². The van der Waals surface area contributed by atoms with Gasteiger partial charge in [0.25, 0.3) is 5.91 Å². The van der Waals surface area contributed by atoms with Crippen LogP contribution in [0.2, 0.25) is 5.02 Å². The van der Waals surface area contributed by atoms with E-state index < -0.39 is 22.0 Å². The summed E-state index contributed by atoms with van der Waals surface area (Å²) in [7, 11) is -3.79. The molecular weight excluding hydrogens is 452 g/mol. The first-order valence-electron chi connectivity index (χ1n) is 10.5. The number of hydrogen-bond acceptors (Lipinski definition) is 4. The monoisotopic (exact) mass is 478 g/mol. The third-order valence-corrected chi connectivity index (χ3v) is 7.78. The molecule has 3 amide bonds. The molecule has 2 aromatic rings. The molecule has 2 aromatic carbocycles. The highest BCUT2D eigenvalue weighted by molar-refractivity contribution is 7.89. The van der Waals surface area contributed by atoms with Crippen LogP contribution < -0.4 is 16.4 Å². The molecule has 4 N–H and O–H groups in total. The molecule has 1 aliphatic heterocycles. The van der Waals surface area contributed by atoms with Crippen molar-refractivity contribution >= 4 is 39.2 Å². The lowest BCUT2D eigenvalue weighted by atomic mass is 10.1. The minimum atomic E-state index is -3.79. The predicted molar refractivity (Wildman–Crippen MR) is 124 cm³/mol. The van der Waals surface area contributed by atoms with Crippen molar-refractivity contribution in [1.29, 1.82) is 0 Å². The summed E-state index contributed by atoms with van der Waals surface area (Å²) in [6.07, 6.45) is 3.61. The van der Waals surface area contributed by atoms with Gasteiger partial charge in [-0.3, -0.25) is 4.79 Å². The van der Waals surface area contributed by atoms with E-state index in [2.05, 4.69) is 10.6 Å². The Morgan fingerprint density at radius 3 is 2.25 bits per heavy atom. The van der Waals surface area contributed by atoms with Gasteiger partial charge in [-0.1, -0.05) is 36.6 Å². The van der Waals surface area contributed by atoms with Gasteiger partial charge in [0.1, 0.15) is 4.90 Å². The molecule has 1 atom stereocenters. The number of halogens is 1. The van der Waals surface area contributed by atoms with Crippen molar-refractivity contribution in [3.63, 3.8) is 0 Å². The molecule has 0 aromatic heterocycles. The third-order valence-electron chi connectivity index (χ3n) is 5.40. The number of anilines is 1. The molecule has 0 aliphatic carbocycles. The topological polar surface area (TPSA) is 122 Å². The molecule has 1 unspecified atom stereocenters. The van der Waals surface area contributed by atoms with E-state index in [1.165, 1.54) is 22.5 Å². The quantitative estimate of drug-likeness (QED) is 0.583. The van der Waals surface area contributed by atoms with Crippen molar-refractivity contribution in [2.24, 2.45) is 5.73 Å². The number of nitrogens with two attached hydrogens (primary N) is 1. The number of carbonyl (C=O) groups is 2. The molecular formula is C22H27ClN4O4S. The van der Waals surface area contributed by atoms with Gasteiger partial charge in [0.05, 0.1) is 11.1 Å². The number of rotatable bonds is 6. The molecule has 1 heterocycles. The number of nitrogens with one attached hydrogen (secondary N) is 2. The van der Waals surface area contributed by atoms with Crippen LogP contribution in [-0.4, -0.2) is 37.8 Å². The number of urea groups is 1. The summed E-state index contributed by atoms with van der Waals surface area (Å²) in [5.74, 6) is -0.416. The number of amides is 3. The molecule has 0 radical (unpaired) electrons. The second-order valence-corrected chi connectivity index (χ2v) is 10.1. The van der Waals surface area contributed by atoms with E-state index in [4.69, 9.17) is 17.3 Å². The summed E-state index contributed by atoms with van der Waals surface area (Å²) in [6, 6.07) is 10.1. The van der Waals surface area contributed by atoms with Crippen molar-refractivity contribution in [2.75, 3.05) is 18.4 Å². The van der Waals surface area contributed by atoms with Crippen LogP contribution in [0.15, 0.2) is 47.4 Å². The Bertz CT molecular complexity index is 1080.